The van der Waals surface area contributed by atoms with E-state index in [1.165, 1.54) is 18.1 Å². The highest BCUT2D eigenvalue weighted by Gasteiger charge is 2.23. The number of hydrogen-bond acceptors (Lipinski definition) is 4. The average Bonchev–Trinajstić information content (AvgIpc) is 2.81. The molecule has 1 heterocycles. The number of carbonyl (C=O) groups is 1. The van der Waals surface area contributed by atoms with Gasteiger partial charge in [-0.1, -0.05) is 36.4 Å². The van der Waals surface area contributed by atoms with Crippen LogP contribution < -0.4 is 5.32 Å². The minimum absolute atomic E-state index is 0.0535. The number of amides is 1. The normalized spacial score (nSPS) is 15.3. The third kappa shape index (κ3) is 5.52. The van der Waals surface area contributed by atoms with Crippen molar-refractivity contribution in [3.63, 3.8) is 0 Å². The molecular weight excluding hydrogens is 432 g/mol. The van der Waals surface area contributed by atoms with Gasteiger partial charge < -0.3 is 5.32 Å². The van der Waals surface area contributed by atoms with Gasteiger partial charge in [0.15, 0.2) is 0 Å². The average molecular weight is 463 g/mol. The molecule has 5 nitrogen and oxygen atoms in total. The van der Waals surface area contributed by atoms with Gasteiger partial charge in [-0.25, -0.2) is 8.42 Å². The van der Waals surface area contributed by atoms with Gasteiger partial charge in [0.25, 0.3) is 0 Å². The molecule has 1 aliphatic rings. The van der Waals surface area contributed by atoms with Crippen LogP contribution in [-0.2, 0) is 21.2 Å². The van der Waals surface area contributed by atoms with Crippen LogP contribution in [0.15, 0.2) is 82.6 Å². The smallest absolute Gasteiger partial charge is 0.221 e. The van der Waals surface area contributed by atoms with E-state index in [0.29, 0.717) is 15.7 Å². The number of benzene rings is 3. The van der Waals surface area contributed by atoms with Gasteiger partial charge >= 0.3 is 0 Å². The Balaban J connectivity index is 1.37. The van der Waals surface area contributed by atoms with Gasteiger partial charge in [0, 0.05) is 19.2 Å². The summed E-state index contributed by atoms with van der Waals surface area (Å²) in [7, 11) is -3.48. The molecular formula is C27H30N2O3S. The zero-order valence-corrected chi connectivity index (χ0v) is 19.9. The molecule has 0 bridgehead atoms. The summed E-state index contributed by atoms with van der Waals surface area (Å²) >= 11 is 0. The van der Waals surface area contributed by atoms with Crippen LogP contribution in [0, 0.1) is 6.92 Å². The molecule has 4 rings (SSSR count). The number of hydrogen-bond donors (Lipinski definition) is 1. The first kappa shape index (κ1) is 23.2. The summed E-state index contributed by atoms with van der Waals surface area (Å²) in [5.74, 6) is 0.426. The summed E-state index contributed by atoms with van der Waals surface area (Å²) in [4.78, 5) is 14.5. The quantitative estimate of drug-likeness (QED) is 0.549. The Morgan fingerprint density at radius 3 is 2.21 bits per heavy atom. The summed E-state index contributed by atoms with van der Waals surface area (Å²) in [6.45, 7) is 6.44. The number of piperidine rings is 1. The molecule has 1 saturated heterocycles. The minimum atomic E-state index is -3.48. The monoisotopic (exact) mass is 462 g/mol. The van der Waals surface area contributed by atoms with Crippen molar-refractivity contribution in [1.29, 1.82) is 0 Å². The fraction of sp³-hybridized carbons (Fsp3) is 0.296. The first-order valence-electron chi connectivity index (χ1n) is 11.3. The Morgan fingerprint density at radius 2 is 1.58 bits per heavy atom. The number of anilines is 1. The van der Waals surface area contributed by atoms with Crippen LogP contribution in [0.3, 0.4) is 0 Å². The molecule has 33 heavy (non-hydrogen) atoms. The highest BCUT2D eigenvalue weighted by molar-refractivity contribution is 7.91. The van der Waals surface area contributed by atoms with E-state index in [4.69, 9.17) is 0 Å². The molecule has 1 fully saturated rings. The molecule has 0 spiro atoms. The Kier molecular flexibility index (Phi) is 6.96. The molecule has 1 aliphatic heterocycles. The summed E-state index contributed by atoms with van der Waals surface area (Å²) < 4.78 is 25.6. The Labute approximate surface area is 196 Å². The predicted octanol–water partition coefficient (Wildman–Crippen LogP) is 5.17. The largest absolute Gasteiger partial charge is 0.326 e. The third-order valence-corrected chi connectivity index (χ3v) is 8.11. The van der Waals surface area contributed by atoms with Crippen molar-refractivity contribution < 1.29 is 13.2 Å². The van der Waals surface area contributed by atoms with Crippen LogP contribution >= 0.6 is 0 Å². The first-order valence-corrected chi connectivity index (χ1v) is 12.8. The molecule has 0 aliphatic carbocycles. The lowest BCUT2D eigenvalue weighted by molar-refractivity contribution is -0.114. The Bertz CT molecular complexity index is 1210. The van der Waals surface area contributed by atoms with Crippen LogP contribution in [0.2, 0.25) is 0 Å². The summed E-state index contributed by atoms with van der Waals surface area (Å²) in [5.41, 5.74) is 4.55. The van der Waals surface area contributed by atoms with Gasteiger partial charge in [-0.05, 0) is 91.9 Å². The molecule has 0 aromatic heterocycles. The zero-order chi connectivity index (χ0) is 23.4. The van der Waals surface area contributed by atoms with Gasteiger partial charge in [0.05, 0.1) is 9.79 Å². The maximum Gasteiger partial charge on any atom is 0.221 e. The highest BCUT2D eigenvalue weighted by atomic mass is 32.2. The SMILES string of the molecule is CC(=O)Nc1ccc(C)c(C2CCN(Cc3ccc(S(=O)(=O)c4ccccc4)cc3)CC2)c1. The summed E-state index contributed by atoms with van der Waals surface area (Å²) in [6, 6.07) is 22.0. The Morgan fingerprint density at radius 1 is 0.939 bits per heavy atom. The molecule has 1 N–H and O–H groups in total. The molecule has 0 unspecified atom stereocenters. The molecule has 6 heteroatoms. The molecule has 0 atom stereocenters. The Hall–Kier alpha value is -2.96. The van der Waals surface area contributed by atoms with E-state index in [2.05, 4.69) is 29.3 Å². The van der Waals surface area contributed by atoms with Crippen molar-refractivity contribution in [3.8, 4) is 0 Å². The van der Waals surface area contributed by atoms with Crippen LogP contribution in [0.25, 0.3) is 0 Å². The van der Waals surface area contributed by atoms with Gasteiger partial charge in [-0.2, -0.15) is 0 Å². The number of aryl methyl sites for hydroxylation is 1. The lowest BCUT2D eigenvalue weighted by Crippen LogP contribution is -2.32. The lowest BCUT2D eigenvalue weighted by atomic mass is 9.86. The fourth-order valence-electron chi connectivity index (χ4n) is 4.53. The fourth-order valence-corrected chi connectivity index (χ4v) is 5.81. The van der Waals surface area contributed by atoms with E-state index in [1.807, 2.05) is 24.3 Å². The van der Waals surface area contributed by atoms with Crippen molar-refractivity contribution in [1.82, 2.24) is 4.90 Å². The van der Waals surface area contributed by atoms with E-state index in [0.717, 1.165) is 43.7 Å². The second-order valence-corrected chi connectivity index (χ2v) is 10.7. The van der Waals surface area contributed by atoms with Crippen LogP contribution in [0.1, 0.15) is 42.4 Å². The number of carbonyl (C=O) groups excluding carboxylic acids is 1. The highest BCUT2D eigenvalue weighted by Crippen LogP contribution is 2.32. The van der Waals surface area contributed by atoms with Crippen LogP contribution in [-0.4, -0.2) is 32.3 Å². The molecule has 1 amide bonds. The van der Waals surface area contributed by atoms with E-state index in [9.17, 15) is 13.2 Å². The predicted molar refractivity (Wildman–Crippen MR) is 131 cm³/mol. The topological polar surface area (TPSA) is 66.5 Å². The summed E-state index contributed by atoms with van der Waals surface area (Å²) in [6.07, 6.45) is 2.12. The summed E-state index contributed by atoms with van der Waals surface area (Å²) in [5, 5.41) is 2.89. The lowest BCUT2D eigenvalue weighted by Gasteiger charge is -2.33. The standard InChI is InChI=1S/C27H30N2O3S/c1-20-8-11-24(28-21(2)30)18-27(20)23-14-16-29(17-15-23)19-22-9-12-26(13-10-22)33(31,32)25-6-4-3-5-7-25/h3-13,18,23H,14-17,19H2,1-2H3,(H,28,30). The van der Waals surface area contributed by atoms with Crippen LogP contribution in [0.4, 0.5) is 5.69 Å². The molecule has 3 aromatic carbocycles. The van der Waals surface area contributed by atoms with Gasteiger partial charge in [0.1, 0.15) is 0 Å². The molecule has 172 valence electrons. The van der Waals surface area contributed by atoms with Crippen LogP contribution in [0.5, 0.6) is 0 Å². The van der Waals surface area contributed by atoms with E-state index < -0.39 is 9.84 Å². The van der Waals surface area contributed by atoms with Gasteiger partial charge in [0.2, 0.25) is 15.7 Å². The minimum Gasteiger partial charge on any atom is -0.326 e. The van der Waals surface area contributed by atoms with E-state index in [1.54, 1.807) is 36.4 Å². The first-order chi connectivity index (χ1) is 15.8. The second-order valence-electron chi connectivity index (χ2n) is 8.76. The molecule has 0 radical (unpaired) electrons. The van der Waals surface area contributed by atoms with Crippen molar-refractivity contribution in [2.75, 3.05) is 18.4 Å². The number of nitrogens with zero attached hydrogens (tertiary/aromatic N) is 1. The number of sulfone groups is 1. The second kappa shape index (κ2) is 9.89. The van der Waals surface area contributed by atoms with E-state index >= 15 is 0 Å². The third-order valence-electron chi connectivity index (χ3n) is 6.32. The van der Waals surface area contributed by atoms with Crippen molar-refractivity contribution in [2.45, 2.75) is 48.9 Å². The number of likely N-dealkylation sites (tertiary alicyclic amines) is 1. The number of nitrogens with one attached hydrogen (secondary N) is 1. The van der Waals surface area contributed by atoms with Crippen molar-refractivity contribution >= 4 is 21.4 Å². The molecule has 3 aromatic rings. The zero-order valence-electron chi connectivity index (χ0n) is 19.1. The maximum atomic E-state index is 12.8. The maximum absolute atomic E-state index is 12.8. The van der Waals surface area contributed by atoms with E-state index in [-0.39, 0.29) is 5.91 Å². The molecule has 0 saturated carbocycles. The van der Waals surface area contributed by atoms with Gasteiger partial charge in [-0.3, -0.25) is 9.69 Å². The van der Waals surface area contributed by atoms with Crippen molar-refractivity contribution in [2.24, 2.45) is 0 Å². The van der Waals surface area contributed by atoms with Gasteiger partial charge in [-0.15, -0.1) is 0 Å². The van der Waals surface area contributed by atoms with Crippen molar-refractivity contribution in [3.05, 3.63) is 89.5 Å². The number of rotatable bonds is 6.